The molecule has 0 aromatic rings. The summed E-state index contributed by atoms with van der Waals surface area (Å²) in [6.07, 6.45) is 0. The summed E-state index contributed by atoms with van der Waals surface area (Å²) in [4.78, 5) is 0. The van der Waals surface area contributed by atoms with Crippen LogP contribution in [-0.4, -0.2) is 6.71 Å². The standard InChI is InChI=1S/C30H45B/c1-16-17(2)23(8)28(13,22(16)7)31(29(14)24(9)18(3)19(4)25(29)10)30(15)26(11)20(5)21(6)27(30)12/h1-15H3. The Kier molecular flexibility index (Phi) is 5.45. The number of rotatable bonds is 3. The first kappa shape index (κ1) is 24.2. The Bertz CT molecular complexity index is 864. The van der Waals surface area contributed by atoms with E-state index in [1.54, 1.807) is 33.4 Å². The SMILES string of the molecule is CC1=C(C)C(C)(B(C2(C)C(C)=C(C)C(C)=C2C)C2(C)C(C)=C(C)C(C)=C2C)C(C)=C1C. The largest absolute Gasteiger partial charge is 0.188 e. The molecule has 0 N–H and O–H groups in total. The van der Waals surface area contributed by atoms with Crippen LogP contribution in [0.4, 0.5) is 0 Å². The molecule has 0 heterocycles. The molecule has 0 atom stereocenters. The van der Waals surface area contributed by atoms with E-state index < -0.39 is 0 Å². The van der Waals surface area contributed by atoms with Crippen molar-refractivity contribution in [1.82, 2.24) is 0 Å². The van der Waals surface area contributed by atoms with Gasteiger partial charge in [-0.1, -0.05) is 54.2 Å². The van der Waals surface area contributed by atoms with Gasteiger partial charge < -0.3 is 0 Å². The van der Waals surface area contributed by atoms with Crippen molar-refractivity contribution < 1.29 is 0 Å². The van der Waals surface area contributed by atoms with Crippen molar-refractivity contribution in [3.8, 4) is 0 Å². The summed E-state index contributed by atoms with van der Waals surface area (Å²) in [7, 11) is 0. The first-order chi connectivity index (χ1) is 14.0. The first-order valence-corrected chi connectivity index (χ1v) is 12.1. The van der Waals surface area contributed by atoms with E-state index >= 15 is 0 Å². The van der Waals surface area contributed by atoms with Crippen LogP contribution in [-0.2, 0) is 0 Å². The van der Waals surface area contributed by atoms with Gasteiger partial charge in [-0.3, -0.25) is 0 Å². The van der Waals surface area contributed by atoms with Gasteiger partial charge in [-0.15, -0.1) is 0 Å². The Morgan fingerprint density at radius 1 is 0.323 bits per heavy atom. The molecule has 31 heavy (non-hydrogen) atoms. The number of hydrogen-bond acceptors (Lipinski definition) is 0. The molecule has 0 unspecified atom stereocenters. The fourth-order valence-corrected chi connectivity index (χ4v) is 7.90. The van der Waals surface area contributed by atoms with E-state index in [0.717, 1.165) is 0 Å². The lowest BCUT2D eigenvalue weighted by molar-refractivity contribution is 0.649. The van der Waals surface area contributed by atoms with Crippen LogP contribution in [0.1, 0.15) is 104 Å². The summed E-state index contributed by atoms with van der Waals surface area (Å²) >= 11 is 0. The fraction of sp³-hybridized carbons (Fsp3) is 0.600. The smallest absolute Gasteiger partial charge is 0.0674 e. The van der Waals surface area contributed by atoms with Gasteiger partial charge in [0.1, 0.15) is 0 Å². The molecule has 0 spiro atoms. The van der Waals surface area contributed by atoms with Crippen molar-refractivity contribution in [1.29, 1.82) is 0 Å². The lowest BCUT2D eigenvalue weighted by Crippen LogP contribution is -2.51. The predicted octanol–water partition coefficient (Wildman–Crippen LogP) is 9.82. The maximum Gasteiger partial charge on any atom is 0.188 e. The van der Waals surface area contributed by atoms with Crippen LogP contribution in [0.2, 0.25) is 15.9 Å². The summed E-state index contributed by atoms with van der Waals surface area (Å²) < 4.78 is 0. The minimum atomic E-state index is 0.0124. The lowest BCUT2D eigenvalue weighted by Gasteiger charge is -2.55. The molecule has 0 saturated heterocycles. The molecule has 0 aliphatic heterocycles. The van der Waals surface area contributed by atoms with Gasteiger partial charge >= 0.3 is 0 Å². The van der Waals surface area contributed by atoms with Crippen LogP contribution in [0.5, 0.6) is 0 Å². The minimum absolute atomic E-state index is 0.0124. The maximum atomic E-state index is 2.56. The Balaban J connectivity index is 2.52. The molecule has 1 heteroatoms. The maximum absolute atomic E-state index is 2.56. The van der Waals surface area contributed by atoms with Crippen LogP contribution < -0.4 is 0 Å². The average Bonchev–Trinajstić information content (AvgIpc) is 3.05. The van der Waals surface area contributed by atoms with Crippen molar-refractivity contribution in [3.05, 3.63) is 66.9 Å². The second kappa shape index (κ2) is 7.00. The molecule has 0 fully saturated rings. The Labute approximate surface area is 193 Å². The number of hydrogen-bond donors (Lipinski definition) is 0. The Hall–Kier alpha value is -1.50. The van der Waals surface area contributed by atoms with Gasteiger partial charge in [0.2, 0.25) is 0 Å². The van der Waals surface area contributed by atoms with Crippen molar-refractivity contribution >= 4 is 6.71 Å². The Morgan fingerprint density at radius 3 is 0.581 bits per heavy atom. The van der Waals surface area contributed by atoms with Crippen LogP contribution in [0.15, 0.2) is 66.9 Å². The molecule has 168 valence electrons. The van der Waals surface area contributed by atoms with E-state index in [4.69, 9.17) is 0 Å². The molecule has 0 bridgehead atoms. The predicted molar refractivity (Wildman–Crippen MR) is 141 cm³/mol. The monoisotopic (exact) mass is 416 g/mol. The highest BCUT2D eigenvalue weighted by Gasteiger charge is 2.64. The second-order valence-electron chi connectivity index (χ2n) is 11.5. The normalized spacial score (nSPS) is 25.3. The molecular formula is C30H45B. The zero-order valence-corrected chi connectivity index (χ0v) is 23.1. The van der Waals surface area contributed by atoms with E-state index in [-0.39, 0.29) is 15.9 Å². The van der Waals surface area contributed by atoms with Gasteiger partial charge in [0.15, 0.2) is 6.71 Å². The minimum Gasteiger partial charge on any atom is -0.0674 e. The van der Waals surface area contributed by atoms with E-state index in [2.05, 4.69) is 104 Å². The zero-order chi connectivity index (χ0) is 24.0. The second-order valence-corrected chi connectivity index (χ2v) is 11.5. The van der Waals surface area contributed by atoms with Crippen molar-refractivity contribution in [2.45, 2.75) is 120 Å². The molecule has 0 aromatic carbocycles. The fourth-order valence-electron chi connectivity index (χ4n) is 7.90. The Morgan fingerprint density at radius 2 is 0.452 bits per heavy atom. The van der Waals surface area contributed by atoms with Crippen molar-refractivity contribution in [2.24, 2.45) is 0 Å². The highest BCUT2D eigenvalue weighted by atomic mass is 14.5. The zero-order valence-electron chi connectivity index (χ0n) is 23.1. The summed E-state index contributed by atoms with van der Waals surface area (Å²) in [6, 6.07) is 0. The van der Waals surface area contributed by atoms with Gasteiger partial charge in [0.25, 0.3) is 0 Å². The molecule has 3 aliphatic rings. The van der Waals surface area contributed by atoms with Crippen LogP contribution >= 0.6 is 0 Å². The van der Waals surface area contributed by atoms with E-state index in [9.17, 15) is 0 Å². The van der Waals surface area contributed by atoms with Gasteiger partial charge in [0, 0.05) is 0 Å². The molecule has 0 nitrogen and oxygen atoms in total. The number of allylic oxidation sites excluding steroid dienone is 12. The average molecular weight is 417 g/mol. The third-order valence-corrected chi connectivity index (χ3v) is 11.5. The summed E-state index contributed by atoms with van der Waals surface area (Å²) in [5.41, 5.74) is 18.4. The van der Waals surface area contributed by atoms with Crippen molar-refractivity contribution in [3.63, 3.8) is 0 Å². The van der Waals surface area contributed by atoms with Gasteiger partial charge in [-0.2, -0.15) is 0 Å². The highest BCUT2D eigenvalue weighted by Crippen LogP contribution is 2.74. The van der Waals surface area contributed by atoms with Crippen LogP contribution in [0, 0.1) is 0 Å². The lowest BCUT2D eigenvalue weighted by atomic mass is 9.10. The first-order valence-electron chi connectivity index (χ1n) is 12.1. The highest BCUT2D eigenvalue weighted by molar-refractivity contribution is 6.74. The molecule has 3 rings (SSSR count). The molecule has 0 amide bonds. The molecule has 0 saturated carbocycles. The third kappa shape index (κ3) is 2.56. The summed E-state index contributed by atoms with van der Waals surface area (Å²) in [5, 5.41) is 0.0372. The molecule has 0 aromatic heterocycles. The van der Waals surface area contributed by atoms with Crippen molar-refractivity contribution in [2.75, 3.05) is 0 Å². The molecule has 0 radical (unpaired) electrons. The van der Waals surface area contributed by atoms with E-state index in [0.29, 0.717) is 6.71 Å². The van der Waals surface area contributed by atoms with Crippen LogP contribution in [0.3, 0.4) is 0 Å². The summed E-state index contributed by atoms with van der Waals surface area (Å²) in [6.45, 7) is 36.6. The van der Waals surface area contributed by atoms with Gasteiger partial charge in [-0.25, -0.2) is 0 Å². The van der Waals surface area contributed by atoms with E-state index in [1.165, 1.54) is 33.4 Å². The summed E-state index contributed by atoms with van der Waals surface area (Å²) in [5.74, 6) is 0. The van der Waals surface area contributed by atoms with Crippen LogP contribution in [0.25, 0.3) is 0 Å². The molecule has 3 aliphatic carbocycles. The van der Waals surface area contributed by atoms with Gasteiger partial charge in [-0.05, 0) is 132 Å². The third-order valence-electron chi connectivity index (χ3n) is 11.5. The quantitative estimate of drug-likeness (QED) is 0.402. The van der Waals surface area contributed by atoms with E-state index in [1.807, 2.05) is 0 Å². The topological polar surface area (TPSA) is 0 Å². The van der Waals surface area contributed by atoms with Gasteiger partial charge in [0.05, 0.1) is 0 Å². The molecular weight excluding hydrogens is 371 g/mol.